The van der Waals surface area contributed by atoms with Crippen LogP contribution in [-0.4, -0.2) is 0 Å². The molecule has 2 aromatic rings. The van der Waals surface area contributed by atoms with Gasteiger partial charge in [0.05, 0.1) is 5.38 Å². The fourth-order valence-corrected chi connectivity index (χ4v) is 2.92. The fraction of sp³-hybridized carbons (Fsp3) is 0.0909. The highest BCUT2D eigenvalue weighted by Gasteiger charge is 2.21. The molecular formula is C11H6BrClF2S. The second kappa shape index (κ2) is 4.82. The Bertz CT molecular complexity index is 476. The van der Waals surface area contributed by atoms with Crippen molar-refractivity contribution in [2.75, 3.05) is 0 Å². The first-order valence-electron chi connectivity index (χ1n) is 4.41. The van der Waals surface area contributed by atoms with E-state index in [2.05, 4.69) is 15.9 Å². The molecule has 0 amide bonds. The van der Waals surface area contributed by atoms with E-state index in [-0.39, 0.29) is 5.56 Å². The maximum absolute atomic E-state index is 13.6. The van der Waals surface area contributed by atoms with E-state index in [1.165, 1.54) is 23.5 Å². The molecule has 1 aromatic carbocycles. The van der Waals surface area contributed by atoms with Crippen molar-refractivity contribution in [2.45, 2.75) is 5.38 Å². The van der Waals surface area contributed by atoms with E-state index in [1.807, 2.05) is 5.38 Å². The van der Waals surface area contributed by atoms with Crippen molar-refractivity contribution in [1.82, 2.24) is 0 Å². The normalized spacial score (nSPS) is 12.8. The van der Waals surface area contributed by atoms with Crippen LogP contribution >= 0.6 is 38.9 Å². The molecule has 0 saturated carbocycles. The third kappa shape index (κ3) is 2.29. The number of benzene rings is 1. The molecule has 0 aliphatic carbocycles. The van der Waals surface area contributed by atoms with Crippen LogP contribution in [0.5, 0.6) is 0 Å². The largest absolute Gasteiger partial charge is 0.206 e. The van der Waals surface area contributed by atoms with Crippen LogP contribution in [0.15, 0.2) is 34.1 Å². The molecule has 0 saturated heterocycles. The van der Waals surface area contributed by atoms with Gasteiger partial charge < -0.3 is 0 Å². The molecule has 0 N–H and O–H groups in total. The monoisotopic (exact) mass is 322 g/mol. The molecule has 0 fully saturated rings. The van der Waals surface area contributed by atoms with Crippen LogP contribution < -0.4 is 0 Å². The van der Waals surface area contributed by atoms with Crippen LogP contribution in [0.3, 0.4) is 0 Å². The maximum Gasteiger partial charge on any atom is 0.132 e. The second-order valence-electron chi connectivity index (χ2n) is 3.16. The van der Waals surface area contributed by atoms with Gasteiger partial charge in [0, 0.05) is 14.9 Å². The molecule has 0 nitrogen and oxygen atoms in total. The summed E-state index contributed by atoms with van der Waals surface area (Å²) in [7, 11) is 0. The molecule has 1 heterocycles. The van der Waals surface area contributed by atoms with Gasteiger partial charge in [0.15, 0.2) is 0 Å². The molecule has 0 aliphatic heterocycles. The lowest BCUT2D eigenvalue weighted by Gasteiger charge is -2.10. The van der Waals surface area contributed by atoms with E-state index < -0.39 is 17.0 Å². The number of hydrogen-bond acceptors (Lipinski definition) is 1. The van der Waals surface area contributed by atoms with Gasteiger partial charge in [-0.1, -0.05) is 22.0 Å². The summed E-state index contributed by atoms with van der Waals surface area (Å²) in [6, 6.07) is 5.97. The van der Waals surface area contributed by atoms with Crippen LogP contribution in [0.2, 0.25) is 0 Å². The SMILES string of the molecule is Fc1cc(Br)cc(F)c1C(Cl)c1cccs1. The first-order chi connectivity index (χ1) is 7.59. The molecule has 5 heteroatoms. The molecule has 0 spiro atoms. The van der Waals surface area contributed by atoms with Gasteiger partial charge in [0.2, 0.25) is 0 Å². The van der Waals surface area contributed by atoms with Crippen LogP contribution in [0.4, 0.5) is 8.78 Å². The highest BCUT2D eigenvalue weighted by molar-refractivity contribution is 9.10. The summed E-state index contributed by atoms with van der Waals surface area (Å²) in [6.07, 6.45) is 0. The Hall–Kier alpha value is -0.450. The summed E-state index contributed by atoms with van der Waals surface area (Å²) in [5.74, 6) is -1.28. The lowest BCUT2D eigenvalue weighted by molar-refractivity contribution is 0.558. The Morgan fingerprint density at radius 1 is 1.25 bits per heavy atom. The van der Waals surface area contributed by atoms with Crippen LogP contribution in [0.25, 0.3) is 0 Å². The zero-order chi connectivity index (χ0) is 11.7. The van der Waals surface area contributed by atoms with Crippen molar-refractivity contribution < 1.29 is 8.78 Å². The van der Waals surface area contributed by atoms with Crippen molar-refractivity contribution >= 4 is 38.9 Å². The molecule has 1 aromatic heterocycles. The number of thiophene rings is 1. The molecule has 1 atom stereocenters. The molecule has 0 bridgehead atoms. The van der Waals surface area contributed by atoms with Gasteiger partial charge in [0.1, 0.15) is 11.6 Å². The Labute approximate surface area is 109 Å². The Balaban J connectivity index is 2.48. The van der Waals surface area contributed by atoms with E-state index in [0.29, 0.717) is 4.47 Å². The van der Waals surface area contributed by atoms with Gasteiger partial charge in [0.25, 0.3) is 0 Å². The number of rotatable bonds is 2. The average Bonchev–Trinajstić information content (AvgIpc) is 2.67. The summed E-state index contributed by atoms with van der Waals surface area (Å²) in [5.41, 5.74) is -0.104. The Morgan fingerprint density at radius 3 is 2.38 bits per heavy atom. The van der Waals surface area contributed by atoms with Crippen molar-refractivity contribution in [2.24, 2.45) is 0 Å². The smallest absolute Gasteiger partial charge is 0.132 e. The summed E-state index contributed by atoms with van der Waals surface area (Å²) in [5, 5.41) is 1.03. The molecular weight excluding hydrogens is 318 g/mol. The number of alkyl halides is 1. The first-order valence-corrected chi connectivity index (χ1v) is 6.52. The van der Waals surface area contributed by atoms with Gasteiger partial charge in [-0.25, -0.2) is 8.78 Å². The van der Waals surface area contributed by atoms with Crippen LogP contribution in [-0.2, 0) is 0 Å². The van der Waals surface area contributed by atoms with E-state index in [1.54, 1.807) is 12.1 Å². The quantitative estimate of drug-likeness (QED) is 0.673. The topological polar surface area (TPSA) is 0 Å². The lowest BCUT2D eigenvalue weighted by Crippen LogP contribution is -1.99. The standard InChI is InChI=1S/C11H6BrClF2S/c12-6-4-7(14)10(8(15)5-6)11(13)9-2-1-3-16-9/h1-5,11H. The second-order valence-corrected chi connectivity index (χ2v) is 5.49. The van der Waals surface area contributed by atoms with Crippen LogP contribution in [0, 0.1) is 11.6 Å². The third-order valence-corrected chi connectivity index (χ3v) is 4.07. The minimum Gasteiger partial charge on any atom is -0.206 e. The van der Waals surface area contributed by atoms with E-state index in [9.17, 15) is 8.78 Å². The highest BCUT2D eigenvalue weighted by atomic mass is 79.9. The van der Waals surface area contributed by atoms with Gasteiger partial charge in [-0.15, -0.1) is 22.9 Å². The number of halogens is 4. The van der Waals surface area contributed by atoms with Crippen molar-refractivity contribution in [3.05, 3.63) is 56.2 Å². The summed E-state index contributed by atoms with van der Waals surface area (Å²) in [4.78, 5) is 0.724. The molecule has 0 radical (unpaired) electrons. The van der Waals surface area contributed by atoms with Crippen molar-refractivity contribution in [3.63, 3.8) is 0 Å². The first kappa shape index (κ1) is 12.0. The van der Waals surface area contributed by atoms with Crippen molar-refractivity contribution in [1.29, 1.82) is 0 Å². The Kier molecular flexibility index (Phi) is 3.62. The zero-order valence-corrected chi connectivity index (χ0v) is 11.0. The molecule has 1 unspecified atom stereocenters. The molecule has 84 valence electrons. The van der Waals surface area contributed by atoms with E-state index in [0.717, 1.165) is 4.88 Å². The van der Waals surface area contributed by atoms with Crippen LogP contribution in [0.1, 0.15) is 15.8 Å². The zero-order valence-electron chi connectivity index (χ0n) is 7.88. The molecule has 16 heavy (non-hydrogen) atoms. The molecule has 0 aliphatic rings. The van der Waals surface area contributed by atoms with Gasteiger partial charge in [-0.05, 0) is 23.6 Å². The maximum atomic E-state index is 13.6. The van der Waals surface area contributed by atoms with Gasteiger partial charge in [-0.2, -0.15) is 0 Å². The molecule has 2 rings (SSSR count). The minimum absolute atomic E-state index is 0.104. The van der Waals surface area contributed by atoms with E-state index in [4.69, 9.17) is 11.6 Å². The summed E-state index contributed by atoms with van der Waals surface area (Å²) < 4.78 is 27.6. The minimum atomic E-state index is -0.784. The number of hydrogen-bond donors (Lipinski definition) is 0. The fourth-order valence-electron chi connectivity index (χ4n) is 1.37. The third-order valence-electron chi connectivity index (χ3n) is 2.09. The predicted molar refractivity (Wildman–Crippen MR) is 66.1 cm³/mol. The lowest BCUT2D eigenvalue weighted by atomic mass is 10.1. The highest BCUT2D eigenvalue weighted by Crippen LogP contribution is 2.35. The van der Waals surface area contributed by atoms with Gasteiger partial charge in [-0.3, -0.25) is 0 Å². The average molecular weight is 324 g/mol. The summed E-state index contributed by atoms with van der Waals surface area (Å²) in [6.45, 7) is 0. The van der Waals surface area contributed by atoms with Gasteiger partial charge >= 0.3 is 0 Å². The van der Waals surface area contributed by atoms with E-state index >= 15 is 0 Å². The Morgan fingerprint density at radius 2 is 1.88 bits per heavy atom. The predicted octanol–water partition coefficient (Wildman–Crippen LogP) is 5.12. The summed E-state index contributed by atoms with van der Waals surface area (Å²) >= 11 is 10.4. The van der Waals surface area contributed by atoms with Crippen molar-refractivity contribution in [3.8, 4) is 0 Å².